The van der Waals surface area contributed by atoms with E-state index in [9.17, 15) is 0 Å². The van der Waals surface area contributed by atoms with E-state index in [2.05, 4.69) is 33.5 Å². The summed E-state index contributed by atoms with van der Waals surface area (Å²) in [5, 5.41) is 3.36. The summed E-state index contributed by atoms with van der Waals surface area (Å²) >= 11 is 0. The average molecular weight is 275 g/mol. The molecule has 1 N–H and O–H groups in total. The molecule has 0 saturated carbocycles. The molecule has 0 radical (unpaired) electrons. The molecule has 0 unspecified atom stereocenters. The highest BCUT2D eigenvalue weighted by Gasteiger charge is 2.00. The van der Waals surface area contributed by atoms with E-state index in [1.807, 2.05) is 48.7 Å². The fourth-order valence-electron chi connectivity index (χ4n) is 2.18. The van der Waals surface area contributed by atoms with Crippen LogP contribution in [0.4, 0.5) is 5.82 Å². The summed E-state index contributed by atoms with van der Waals surface area (Å²) < 4.78 is 0. The maximum atomic E-state index is 4.65. The lowest BCUT2D eigenvalue weighted by molar-refractivity contribution is 0.994. The molecular weight excluding hydrogens is 258 g/mol. The summed E-state index contributed by atoms with van der Waals surface area (Å²) in [5.41, 5.74) is 3.35. The van der Waals surface area contributed by atoms with Gasteiger partial charge in [-0.2, -0.15) is 0 Å². The van der Waals surface area contributed by atoms with E-state index in [-0.39, 0.29) is 0 Å². The van der Waals surface area contributed by atoms with E-state index in [4.69, 9.17) is 0 Å². The first-order valence-electron chi connectivity index (χ1n) is 7.07. The van der Waals surface area contributed by atoms with Crippen LogP contribution in [0.2, 0.25) is 0 Å². The SMILES string of the molecule is c1ccc(-c2cccc(NCCc3cccnc3)n2)cc1. The normalized spacial score (nSPS) is 10.3. The minimum Gasteiger partial charge on any atom is -0.370 e. The lowest BCUT2D eigenvalue weighted by Crippen LogP contribution is -2.06. The molecule has 21 heavy (non-hydrogen) atoms. The van der Waals surface area contributed by atoms with Gasteiger partial charge in [0.15, 0.2) is 0 Å². The Labute approximate surface area is 124 Å². The molecule has 3 nitrogen and oxygen atoms in total. The molecule has 0 atom stereocenters. The molecule has 2 heterocycles. The highest BCUT2D eigenvalue weighted by Crippen LogP contribution is 2.18. The summed E-state index contributed by atoms with van der Waals surface area (Å²) in [4.78, 5) is 8.77. The second kappa shape index (κ2) is 6.66. The third-order valence-corrected chi connectivity index (χ3v) is 3.26. The zero-order valence-corrected chi connectivity index (χ0v) is 11.7. The van der Waals surface area contributed by atoms with Crippen LogP contribution in [0.5, 0.6) is 0 Å². The van der Waals surface area contributed by atoms with Gasteiger partial charge in [0.05, 0.1) is 5.69 Å². The van der Waals surface area contributed by atoms with Crippen LogP contribution in [0.3, 0.4) is 0 Å². The molecule has 0 fully saturated rings. The van der Waals surface area contributed by atoms with E-state index in [1.54, 1.807) is 6.20 Å². The maximum absolute atomic E-state index is 4.65. The van der Waals surface area contributed by atoms with Crippen molar-refractivity contribution in [3.8, 4) is 11.3 Å². The monoisotopic (exact) mass is 275 g/mol. The van der Waals surface area contributed by atoms with Crippen LogP contribution >= 0.6 is 0 Å². The fraction of sp³-hybridized carbons (Fsp3) is 0.111. The maximum Gasteiger partial charge on any atom is 0.126 e. The standard InChI is InChI=1S/C18H17N3/c1-2-7-16(8-3-1)17-9-4-10-18(21-17)20-13-11-15-6-5-12-19-14-15/h1-10,12,14H,11,13H2,(H,20,21). The molecule has 0 aliphatic heterocycles. The van der Waals surface area contributed by atoms with Gasteiger partial charge < -0.3 is 5.32 Å². The minimum absolute atomic E-state index is 0.844. The highest BCUT2D eigenvalue weighted by molar-refractivity contribution is 5.60. The van der Waals surface area contributed by atoms with E-state index in [0.29, 0.717) is 0 Å². The van der Waals surface area contributed by atoms with Gasteiger partial charge in [-0.15, -0.1) is 0 Å². The van der Waals surface area contributed by atoms with Gasteiger partial charge in [-0.3, -0.25) is 4.98 Å². The average Bonchev–Trinajstić information content (AvgIpc) is 2.57. The first-order valence-corrected chi connectivity index (χ1v) is 7.07. The Balaban J connectivity index is 1.64. The number of nitrogens with one attached hydrogen (secondary N) is 1. The van der Waals surface area contributed by atoms with Crippen LogP contribution in [0.25, 0.3) is 11.3 Å². The number of rotatable bonds is 5. The molecule has 3 rings (SSSR count). The molecule has 0 amide bonds. The zero-order valence-electron chi connectivity index (χ0n) is 11.7. The number of anilines is 1. The molecule has 3 aromatic rings. The number of hydrogen-bond donors (Lipinski definition) is 1. The summed E-state index contributed by atoms with van der Waals surface area (Å²) in [5.74, 6) is 0.903. The zero-order chi connectivity index (χ0) is 14.3. The van der Waals surface area contributed by atoms with Gasteiger partial charge in [0.25, 0.3) is 0 Å². The van der Waals surface area contributed by atoms with Gasteiger partial charge in [-0.1, -0.05) is 42.5 Å². The van der Waals surface area contributed by atoms with Crippen molar-refractivity contribution in [2.45, 2.75) is 6.42 Å². The van der Waals surface area contributed by atoms with Crippen LogP contribution in [0.1, 0.15) is 5.56 Å². The lowest BCUT2D eigenvalue weighted by atomic mass is 10.1. The topological polar surface area (TPSA) is 37.8 Å². The first kappa shape index (κ1) is 13.3. The second-order valence-electron chi connectivity index (χ2n) is 4.81. The van der Waals surface area contributed by atoms with Gasteiger partial charge in [-0.25, -0.2) is 4.98 Å². The summed E-state index contributed by atoms with van der Waals surface area (Å²) in [7, 11) is 0. The fourth-order valence-corrected chi connectivity index (χ4v) is 2.18. The molecule has 2 aromatic heterocycles. The lowest BCUT2D eigenvalue weighted by Gasteiger charge is -2.07. The molecule has 3 heteroatoms. The Morgan fingerprint density at radius 2 is 1.76 bits per heavy atom. The van der Waals surface area contributed by atoms with E-state index in [1.165, 1.54) is 5.56 Å². The van der Waals surface area contributed by atoms with Crippen molar-refractivity contribution in [2.24, 2.45) is 0 Å². The smallest absolute Gasteiger partial charge is 0.126 e. The van der Waals surface area contributed by atoms with Crippen LogP contribution in [0, 0.1) is 0 Å². The largest absolute Gasteiger partial charge is 0.370 e. The van der Waals surface area contributed by atoms with Crippen molar-refractivity contribution in [3.05, 3.63) is 78.6 Å². The summed E-state index contributed by atoms with van der Waals surface area (Å²) in [6, 6.07) is 20.3. The molecule has 1 aromatic carbocycles. The summed E-state index contributed by atoms with van der Waals surface area (Å²) in [6.45, 7) is 0.844. The van der Waals surface area contributed by atoms with Crippen molar-refractivity contribution in [3.63, 3.8) is 0 Å². The van der Waals surface area contributed by atoms with Crippen molar-refractivity contribution in [1.29, 1.82) is 0 Å². The van der Waals surface area contributed by atoms with E-state index in [0.717, 1.165) is 30.0 Å². The van der Waals surface area contributed by atoms with E-state index >= 15 is 0 Å². The van der Waals surface area contributed by atoms with Gasteiger partial charge >= 0.3 is 0 Å². The number of aromatic nitrogens is 2. The van der Waals surface area contributed by atoms with Gasteiger partial charge in [0.2, 0.25) is 0 Å². The molecule has 0 aliphatic carbocycles. The third kappa shape index (κ3) is 3.66. The Morgan fingerprint density at radius 3 is 2.57 bits per heavy atom. The quantitative estimate of drug-likeness (QED) is 0.769. The number of pyridine rings is 2. The highest BCUT2D eigenvalue weighted by atomic mass is 15.0. The molecular formula is C18H17N3. The predicted octanol–water partition coefficient (Wildman–Crippen LogP) is 3.80. The van der Waals surface area contributed by atoms with E-state index < -0.39 is 0 Å². The predicted molar refractivity (Wildman–Crippen MR) is 86.1 cm³/mol. The van der Waals surface area contributed by atoms with Crippen LogP contribution < -0.4 is 5.32 Å². The molecule has 0 saturated heterocycles. The minimum atomic E-state index is 0.844. The molecule has 104 valence electrons. The number of hydrogen-bond acceptors (Lipinski definition) is 3. The van der Waals surface area contributed by atoms with Crippen molar-refractivity contribution < 1.29 is 0 Å². The first-order chi connectivity index (χ1) is 10.4. The van der Waals surface area contributed by atoms with Gasteiger partial charge in [0, 0.05) is 24.5 Å². The van der Waals surface area contributed by atoms with Gasteiger partial charge in [-0.05, 0) is 30.2 Å². The molecule has 0 aliphatic rings. The Morgan fingerprint density at radius 1 is 0.857 bits per heavy atom. The Hall–Kier alpha value is -2.68. The Bertz CT molecular complexity index is 681. The molecule has 0 bridgehead atoms. The van der Waals surface area contributed by atoms with Crippen molar-refractivity contribution in [2.75, 3.05) is 11.9 Å². The second-order valence-corrected chi connectivity index (χ2v) is 4.81. The van der Waals surface area contributed by atoms with Crippen LogP contribution in [0.15, 0.2) is 73.1 Å². The number of nitrogens with zero attached hydrogens (tertiary/aromatic N) is 2. The summed E-state index contributed by atoms with van der Waals surface area (Å²) in [6.07, 6.45) is 4.63. The van der Waals surface area contributed by atoms with Crippen molar-refractivity contribution in [1.82, 2.24) is 9.97 Å². The van der Waals surface area contributed by atoms with Crippen molar-refractivity contribution >= 4 is 5.82 Å². The van der Waals surface area contributed by atoms with Crippen LogP contribution in [-0.2, 0) is 6.42 Å². The van der Waals surface area contributed by atoms with Gasteiger partial charge in [0.1, 0.15) is 5.82 Å². The van der Waals surface area contributed by atoms with Crippen LogP contribution in [-0.4, -0.2) is 16.5 Å². The Kier molecular flexibility index (Phi) is 4.22. The molecule has 0 spiro atoms. The number of benzene rings is 1. The third-order valence-electron chi connectivity index (χ3n) is 3.26.